The number of ketones is 2. The number of phenols is 1. The normalized spacial score (nSPS) is 28.8. The average molecular weight is 515 g/mol. The number of hydrogen-bond donors (Lipinski definition) is 2. The van der Waals surface area contributed by atoms with Crippen LogP contribution in [0.5, 0.6) is 5.75 Å². The van der Waals surface area contributed by atoms with Crippen molar-refractivity contribution < 1.29 is 33.5 Å². The Bertz CT molecular complexity index is 1300. The molecule has 1 fully saturated rings. The lowest BCUT2D eigenvalue weighted by atomic mass is 9.59. The van der Waals surface area contributed by atoms with Gasteiger partial charge in [-0.1, -0.05) is 17.7 Å². The van der Waals surface area contributed by atoms with E-state index in [1.54, 1.807) is 6.08 Å². The van der Waals surface area contributed by atoms with Gasteiger partial charge in [0, 0.05) is 23.1 Å². The van der Waals surface area contributed by atoms with E-state index in [9.17, 15) is 33.5 Å². The number of carbonyl (C=O) groups excluding carboxylic acids is 5. The first-order valence-electron chi connectivity index (χ1n) is 10.2. The average Bonchev–Trinajstić information content (AvgIpc) is 3.03. The molecule has 8 nitrogen and oxygen atoms in total. The molecular weight excluding hydrogens is 499 g/mol. The largest absolute Gasteiger partial charge is 0.505 e. The molecule has 5 rings (SSSR count). The number of nitrogens with two attached hydrogens (primary N) is 1. The molecule has 1 aliphatic heterocycles. The molecular formula is C23H16BrFN2O6. The van der Waals surface area contributed by atoms with Gasteiger partial charge in [0.05, 0.1) is 16.3 Å². The lowest BCUT2D eigenvalue weighted by Crippen LogP contribution is -2.42. The van der Waals surface area contributed by atoms with Crippen LogP contribution in [0.25, 0.3) is 0 Å². The van der Waals surface area contributed by atoms with Gasteiger partial charge in [-0.15, -0.1) is 0 Å². The zero-order valence-electron chi connectivity index (χ0n) is 16.9. The Morgan fingerprint density at radius 1 is 1.15 bits per heavy atom. The fraction of sp³-hybridized carbons (Fsp3) is 0.261. The van der Waals surface area contributed by atoms with E-state index >= 15 is 0 Å². The van der Waals surface area contributed by atoms with E-state index in [1.807, 2.05) is 0 Å². The summed E-state index contributed by atoms with van der Waals surface area (Å²) in [5.74, 6) is -7.02. The summed E-state index contributed by atoms with van der Waals surface area (Å²) in [4.78, 5) is 63.9. The summed E-state index contributed by atoms with van der Waals surface area (Å²) in [5, 5.41) is 9.63. The summed E-state index contributed by atoms with van der Waals surface area (Å²) in [6.07, 6.45) is 3.03. The minimum absolute atomic E-state index is 0.0124. The van der Waals surface area contributed by atoms with E-state index in [-0.39, 0.29) is 28.5 Å². The summed E-state index contributed by atoms with van der Waals surface area (Å²) in [6, 6.07) is 2.53. The Balaban J connectivity index is 1.70. The maximum Gasteiger partial charge on any atom is 0.328 e. The number of fused-ring (bicyclic) bond motifs is 3. The molecule has 1 heterocycles. The maximum absolute atomic E-state index is 14.3. The third-order valence-corrected chi connectivity index (χ3v) is 7.45. The first-order valence-corrected chi connectivity index (χ1v) is 11.0. The molecule has 4 amide bonds. The molecule has 0 aromatic heterocycles. The highest BCUT2D eigenvalue weighted by Crippen LogP contribution is 2.55. The molecule has 1 aromatic carbocycles. The molecule has 0 unspecified atom stereocenters. The van der Waals surface area contributed by atoms with Crippen LogP contribution in [0.4, 0.5) is 9.18 Å². The zero-order chi connectivity index (χ0) is 23.8. The lowest BCUT2D eigenvalue weighted by Gasteiger charge is -2.42. The molecule has 1 aromatic rings. The Labute approximate surface area is 194 Å². The van der Waals surface area contributed by atoms with E-state index in [0.717, 1.165) is 18.2 Å². The molecule has 0 spiro atoms. The number of nitrogens with zero attached hydrogens (tertiary/aromatic N) is 1. The quantitative estimate of drug-likeness (QED) is 0.335. The van der Waals surface area contributed by atoms with Gasteiger partial charge in [-0.3, -0.25) is 19.2 Å². The van der Waals surface area contributed by atoms with Crippen LogP contribution < -0.4 is 5.73 Å². The third kappa shape index (κ3) is 2.97. The molecule has 168 valence electrons. The topological polar surface area (TPSA) is 135 Å². The number of benzene rings is 1. The van der Waals surface area contributed by atoms with Gasteiger partial charge < -0.3 is 10.8 Å². The second-order valence-corrected chi connectivity index (χ2v) is 9.31. The number of carbonyl (C=O) groups is 5. The molecule has 1 saturated heterocycles. The summed E-state index contributed by atoms with van der Waals surface area (Å²) in [6.45, 7) is 0. The Morgan fingerprint density at radius 3 is 2.55 bits per heavy atom. The van der Waals surface area contributed by atoms with Crippen LogP contribution in [0.1, 0.15) is 24.3 Å². The van der Waals surface area contributed by atoms with E-state index in [4.69, 9.17) is 5.73 Å². The van der Waals surface area contributed by atoms with Gasteiger partial charge in [0.25, 0.3) is 0 Å². The van der Waals surface area contributed by atoms with Gasteiger partial charge in [0.2, 0.25) is 11.8 Å². The van der Waals surface area contributed by atoms with Crippen molar-refractivity contribution in [3.05, 3.63) is 62.9 Å². The number of rotatable bonds is 1. The predicted molar refractivity (Wildman–Crippen MR) is 114 cm³/mol. The van der Waals surface area contributed by atoms with E-state index in [2.05, 4.69) is 15.9 Å². The van der Waals surface area contributed by atoms with Crippen molar-refractivity contribution in [1.29, 1.82) is 0 Å². The Morgan fingerprint density at radius 2 is 1.88 bits per heavy atom. The second-order valence-electron chi connectivity index (χ2n) is 8.45. The van der Waals surface area contributed by atoms with Gasteiger partial charge in [-0.05, 0) is 52.4 Å². The summed E-state index contributed by atoms with van der Waals surface area (Å²) >= 11 is 3.11. The van der Waals surface area contributed by atoms with Crippen molar-refractivity contribution in [2.75, 3.05) is 0 Å². The number of likely N-dealkylation sites (tertiary alicyclic amines) is 1. The third-order valence-electron chi connectivity index (χ3n) is 6.86. The standard InChI is InChI=1S/C23H16BrFN2O6/c24-13-7-16(29)19-12(20(13)30)6-11-9(17(19)8-1-4-15(28)14(25)5-8)2-3-10-18(11)22(32)27(21(10)31)23(26)33/h1-2,4-5,7,10-11,17-18,28H,3,6H2,(H2,26,33)/t10-,11+,17-,18-/m0/s1. The number of amides is 4. The van der Waals surface area contributed by atoms with Gasteiger partial charge in [-0.2, -0.15) is 4.90 Å². The van der Waals surface area contributed by atoms with E-state index in [0.29, 0.717) is 16.0 Å². The molecule has 0 radical (unpaired) electrons. The van der Waals surface area contributed by atoms with Crippen LogP contribution >= 0.6 is 15.9 Å². The van der Waals surface area contributed by atoms with Crippen LogP contribution in [0, 0.1) is 23.6 Å². The van der Waals surface area contributed by atoms with Gasteiger partial charge >= 0.3 is 6.03 Å². The zero-order valence-corrected chi connectivity index (χ0v) is 18.5. The number of urea groups is 1. The number of Topliss-reactive ketones (excluding diaryl/α,β-unsaturated/α-hetero) is 1. The lowest BCUT2D eigenvalue weighted by molar-refractivity contribution is -0.136. The summed E-state index contributed by atoms with van der Waals surface area (Å²) in [5.41, 5.74) is 6.53. The van der Waals surface area contributed by atoms with Crippen LogP contribution in [-0.4, -0.2) is 39.4 Å². The van der Waals surface area contributed by atoms with Gasteiger partial charge in [-0.25, -0.2) is 9.18 Å². The van der Waals surface area contributed by atoms with Crippen molar-refractivity contribution in [2.45, 2.75) is 18.8 Å². The highest BCUT2D eigenvalue weighted by Gasteiger charge is 2.57. The number of hydrogen-bond acceptors (Lipinski definition) is 6. The molecule has 10 heteroatoms. The van der Waals surface area contributed by atoms with Crippen LogP contribution in [0.3, 0.4) is 0 Å². The highest BCUT2D eigenvalue weighted by atomic mass is 79.9. The van der Waals surface area contributed by atoms with Crippen molar-refractivity contribution in [1.82, 2.24) is 4.90 Å². The van der Waals surface area contributed by atoms with Crippen LogP contribution in [0.2, 0.25) is 0 Å². The minimum Gasteiger partial charge on any atom is -0.505 e. The molecule has 0 saturated carbocycles. The SMILES string of the molecule is NC(=O)N1C(=O)[C@H]2[C@H](CC=C3[C@H](c4ccc(O)c(F)c4)C4=C(C[C@H]32)C(=O)C(Br)=CC4=O)C1=O. The molecule has 3 aliphatic carbocycles. The number of halogens is 2. The smallest absolute Gasteiger partial charge is 0.328 e. The predicted octanol–water partition coefficient (Wildman–Crippen LogP) is 2.37. The molecule has 33 heavy (non-hydrogen) atoms. The first kappa shape index (κ1) is 21.4. The van der Waals surface area contributed by atoms with Crippen molar-refractivity contribution in [3.63, 3.8) is 0 Å². The highest BCUT2D eigenvalue weighted by molar-refractivity contribution is 9.12. The van der Waals surface area contributed by atoms with Crippen LogP contribution in [-0.2, 0) is 19.2 Å². The molecule has 4 aliphatic rings. The Kier molecular flexibility index (Phi) is 4.75. The molecule has 0 bridgehead atoms. The van der Waals surface area contributed by atoms with Crippen LogP contribution in [0.15, 0.2) is 51.6 Å². The number of aromatic hydroxyl groups is 1. The molecule has 4 atom stereocenters. The van der Waals surface area contributed by atoms with E-state index < -0.39 is 64.7 Å². The van der Waals surface area contributed by atoms with E-state index in [1.165, 1.54) is 6.07 Å². The maximum atomic E-state index is 14.3. The monoisotopic (exact) mass is 514 g/mol. The van der Waals surface area contributed by atoms with Gasteiger partial charge in [0.15, 0.2) is 23.1 Å². The van der Waals surface area contributed by atoms with Crippen molar-refractivity contribution in [3.8, 4) is 5.75 Å². The second kappa shape index (κ2) is 7.31. The molecule has 3 N–H and O–H groups in total. The Hall–Kier alpha value is -3.40. The summed E-state index contributed by atoms with van der Waals surface area (Å²) < 4.78 is 14.3. The van der Waals surface area contributed by atoms with Crippen molar-refractivity contribution in [2.24, 2.45) is 23.5 Å². The summed E-state index contributed by atoms with van der Waals surface area (Å²) in [7, 11) is 0. The van der Waals surface area contributed by atoms with Gasteiger partial charge in [0.1, 0.15) is 0 Å². The fourth-order valence-electron chi connectivity index (χ4n) is 5.51. The van der Waals surface area contributed by atoms with Crippen molar-refractivity contribution >= 4 is 45.3 Å². The first-order chi connectivity index (χ1) is 15.6. The minimum atomic E-state index is -1.16. The number of phenolic OH excluding ortho intramolecular Hbond substituents is 1. The number of primary amides is 1. The fourth-order valence-corrected chi connectivity index (χ4v) is 5.95. The number of imide groups is 3. The number of allylic oxidation sites excluding steroid dienone is 6.